The van der Waals surface area contributed by atoms with E-state index in [1.54, 1.807) is 18.3 Å². The quantitative estimate of drug-likeness (QED) is 0.229. The van der Waals surface area contributed by atoms with Crippen LogP contribution in [0, 0.1) is 11.8 Å². The van der Waals surface area contributed by atoms with Gasteiger partial charge in [-0.1, -0.05) is 91.0 Å². The molecule has 4 aliphatic rings. The first kappa shape index (κ1) is 24.0. The lowest BCUT2D eigenvalue weighted by atomic mass is 9.47. The Bertz CT molecular complexity index is 1670. The second-order valence-corrected chi connectivity index (χ2v) is 10.5. The van der Waals surface area contributed by atoms with Gasteiger partial charge in [0.25, 0.3) is 5.91 Å². The minimum absolute atomic E-state index is 0.0873. The molecule has 0 unspecified atom stereocenters. The predicted octanol–water partition coefficient (Wildman–Crippen LogP) is 4.35. The number of phenols is 1. The van der Waals surface area contributed by atoms with Crippen molar-refractivity contribution in [2.24, 2.45) is 16.9 Å². The molecule has 196 valence electrons. The summed E-state index contributed by atoms with van der Waals surface area (Å²) in [6.07, 6.45) is 1.62. The van der Waals surface area contributed by atoms with Crippen molar-refractivity contribution < 1.29 is 19.5 Å². The smallest absolute Gasteiger partial charge is 0.275 e. The van der Waals surface area contributed by atoms with Gasteiger partial charge in [-0.15, -0.1) is 0 Å². The van der Waals surface area contributed by atoms with Gasteiger partial charge in [0.1, 0.15) is 5.75 Å². The average Bonchev–Trinajstić information content (AvgIpc) is 3.24. The van der Waals surface area contributed by atoms with Crippen molar-refractivity contribution in [2.45, 2.75) is 17.9 Å². The lowest BCUT2D eigenvalue weighted by Gasteiger charge is -2.52. The third-order valence-electron chi connectivity index (χ3n) is 8.54. The first-order valence-corrected chi connectivity index (χ1v) is 13.2. The van der Waals surface area contributed by atoms with Crippen molar-refractivity contribution in [3.8, 4) is 5.75 Å². The Morgan fingerprint density at radius 1 is 0.825 bits per heavy atom. The van der Waals surface area contributed by atoms with Crippen molar-refractivity contribution in [3.63, 3.8) is 0 Å². The fourth-order valence-electron chi connectivity index (χ4n) is 6.95. The zero-order valence-electron chi connectivity index (χ0n) is 21.4. The highest BCUT2D eigenvalue weighted by atomic mass is 16.3. The number of likely N-dealkylation sites (tertiary alicyclic amines) is 1. The number of hydrogen-bond acceptors (Lipinski definition) is 5. The van der Waals surface area contributed by atoms with Gasteiger partial charge in [-0.2, -0.15) is 5.10 Å². The minimum atomic E-state index is -1.07. The number of nitrogens with zero attached hydrogens (tertiary/aromatic N) is 2. The summed E-state index contributed by atoms with van der Waals surface area (Å²) in [5.74, 6) is -2.75. The first-order chi connectivity index (χ1) is 19.5. The molecule has 3 amide bonds. The van der Waals surface area contributed by atoms with Crippen LogP contribution in [0.1, 0.15) is 44.1 Å². The number of aromatic hydroxyl groups is 1. The van der Waals surface area contributed by atoms with E-state index in [9.17, 15) is 19.5 Å². The highest BCUT2D eigenvalue weighted by Crippen LogP contribution is 2.63. The number of para-hydroxylation sites is 1. The number of hydrazone groups is 1. The summed E-state index contributed by atoms with van der Waals surface area (Å²) in [5.41, 5.74) is 6.23. The highest BCUT2D eigenvalue weighted by Gasteiger charge is 2.67. The van der Waals surface area contributed by atoms with Crippen molar-refractivity contribution in [1.29, 1.82) is 0 Å². The standard InChI is InChI=1S/C33H25N3O4/c37-26-17-9-6-14-23(26)30(38)35-34-19-33-24-15-7-4-12-21(24)27(22-13-5-8-16-25(22)33)28-29(33)32(40)36(31(28)39)18-20-10-2-1-3-11-20/h1-17,19,27-29,37H,18H2,(H,35,38)/b34-19-/t27?,28-,29+,33?/m1/s1. The summed E-state index contributed by atoms with van der Waals surface area (Å²) < 4.78 is 0. The largest absolute Gasteiger partial charge is 0.507 e. The van der Waals surface area contributed by atoms with E-state index in [2.05, 4.69) is 10.5 Å². The molecule has 3 aliphatic carbocycles. The SMILES string of the molecule is O=C(N/N=C\C12c3ccccc3C(c3ccccc31)[C@H]1C(=O)N(Cc3ccccc3)C(=O)[C@H]12)c1ccccc1O. The van der Waals surface area contributed by atoms with E-state index in [0.29, 0.717) is 0 Å². The van der Waals surface area contributed by atoms with Gasteiger partial charge in [-0.05, 0) is 39.9 Å². The summed E-state index contributed by atoms with van der Waals surface area (Å²) in [4.78, 5) is 42.6. The van der Waals surface area contributed by atoms with Crippen LogP contribution in [0.5, 0.6) is 5.75 Å². The Morgan fingerprint density at radius 2 is 1.43 bits per heavy atom. The Kier molecular flexibility index (Phi) is 5.42. The number of rotatable bonds is 5. The number of amides is 3. The van der Waals surface area contributed by atoms with Gasteiger partial charge in [0.2, 0.25) is 11.8 Å². The van der Waals surface area contributed by atoms with Gasteiger partial charge in [-0.25, -0.2) is 5.43 Å². The van der Waals surface area contributed by atoms with Crippen molar-refractivity contribution in [3.05, 3.63) is 137 Å². The normalized spacial score (nSPS) is 24.1. The van der Waals surface area contributed by atoms with Gasteiger partial charge in [-0.3, -0.25) is 19.3 Å². The van der Waals surface area contributed by atoms with E-state index in [0.717, 1.165) is 27.8 Å². The molecule has 1 saturated heterocycles. The van der Waals surface area contributed by atoms with Gasteiger partial charge in [0.15, 0.2) is 0 Å². The maximum atomic E-state index is 14.3. The maximum Gasteiger partial charge on any atom is 0.275 e. The third-order valence-corrected chi connectivity index (χ3v) is 8.54. The number of nitrogens with one attached hydrogen (secondary N) is 1. The van der Waals surface area contributed by atoms with E-state index in [4.69, 9.17) is 0 Å². The highest BCUT2D eigenvalue weighted by molar-refractivity contribution is 6.11. The minimum Gasteiger partial charge on any atom is -0.507 e. The molecule has 1 fully saturated rings. The van der Waals surface area contributed by atoms with E-state index in [1.807, 2.05) is 78.9 Å². The van der Waals surface area contributed by atoms with Crippen LogP contribution >= 0.6 is 0 Å². The molecule has 8 rings (SSSR count). The summed E-state index contributed by atoms with van der Waals surface area (Å²) in [5, 5.41) is 14.5. The predicted molar refractivity (Wildman–Crippen MR) is 149 cm³/mol. The van der Waals surface area contributed by atoms with Crippen molar-refractivity contribution >= 4 is 23.9 Å². The summed E-state index contributed by atoms with van der Waals surface area (Å²) >= 11 is 0. The van der Waals surface area contributed by atoms with Crippen LogP contribution in [0.15, 0.2) is 108 Å². The van der Waals surface area contributed by atoms with E-state index in [-0.39, 0.29) is 35.6 Å². The van der Waals surface area contributed by atoms with Crippen LogP contribution < -0.4 is 5.43 Å². The van der Waals surface area contributed by atoms with E-state index in [1.165, 1.54) is 17.0 Å². The number of imide groups is 1. The van der Waals surface area contributed by atoms with E-state index < -0.39 is 23.2 Å². The lowest BCUT2D eigenvalue weighted by Crippen LogP contribution is -2.54. The molecule has 1 heterocycles. The molecule has 4 aromatic rings. The maximum absolute atomic E-state index is 14.3. The molecule has 7 nitrogen and oxygen atoms in total. The second kappa shape index (κ2) is 9.02. The van der Waals surface area contributed by atoms with Crippen LogP contribution in [0.3, 0.4) is 0 Å². The Hall–Kier alpha value is -5.04. The topological polar surface area (TPSA) is 99.1 Å². The molecule has 0 aromatic heterocycles. The molecule has 7 heteroatoms. The fourth-order valence-corrected chi connectivity index (χ4v) is 6.95. The third kappa shape index (κ3) is 3.30. The van der Waals surface area contributed by atoms with Gasteiger partial charge in [0.05, 0.1) is 29.4 Å². The van der Waals surface area contributed by atoms with Gasteiger partial charge < -0.3 is 5.11 Å². The monoisotopic (exact) mass is 527 g/mol. The second-order valence-electron chi connectivity index (χ2n) is 10.5. The molecule has 2 N–H and O–H groups in total. The number of carbonyl (C=O) groups excluding carboxylic acids is 3. The summed E-state index contributed by atoms with van der Waals surface area (Å²) in [6.45, 7) is 0.197. The van der Waals surface area contributed by atoms with Crippen LogP contribution in [-0.2, 0) is 21.5 Å². The van der Waals surface area contributed by atoms with Gasteiger partial charge >= 0.3 is 0 Å². The van der Waals surface area contributed by atoms with Crippen LogP contribution in [0.4, 0.5) is 0 Å². The van der Waals surface area contributed by atoms with Crippen LogP contribution in [0.25, 0.3) is 0 Å². The molecule has 0 spiro atoms. The zero-order valence-corrected chi connectivity index (χ0v) is 21.4. The summed E-state index contributed by atoms with van der Waals surface area (Å²) in [6, 6.07) is 31.5. The number of carbonyl (C=O) groups is 3. The fraction of sp³-hybridized carbons (Fsp3) is 0.152. The molecule has 4 aromatic carbocycles. The molecule has 1 aliphatic heterocycles. The van der Waals surface area contributed by atoms with Crippen LogP contribution in [0.2, 0.25) is 0 Å². The average molecular weight is 528 g/mol. The number of hydrogen-bond donors (Lipinski definition) is 2. The van der Waals surface area contributed by atoms with Crippen LogP contribution in [-0.4, -0.2) is 33.9 Å². The molecular formula is C33H25N3O4. The Labute approximate surface area is 230 Å². The number of phenolic OH excluding ortho intramolecular Hbond substituents is 1. The zero-order chi connectivity index (χ0) is 27.4. The molecule has 0 radical (unpaired) electrons. The molecule has 2 atom stereocenters. The number of benzene rings is 4. The van der Waals surface area contributed by atoms with Gasteiger partial charge in [0, 0.05) is 12.1 Å². The molecule has 0 saturated carbocycles. The Balaban J connectivity index is 1.37. The molecule has 2 bridgehead atoms. The lowest BCUT2D eigenvalue weighted by molar-refractivity contribution is -0.140. The molecular weight excluding hydrogens is 502 g/mol. The van der Waals surface area contributed by atoms with Crippen molar-refractivity contribution in [2.75, 3.05) is 0 Å². The Morgan fingerprint density at radius 3 is 2.10 bits per heavy atom. The van der Waals surface area contributed by atoms with E-state index >= 15 is 0 Å². The van der Waals surface area contributed by atoms with Crippen molar-refractivity contribution in [1.82, 2.24) is 10.3 Å². The summed E-state index contributed by atoms with van der Waals surface area (Å²) in [7, 11) is 0. The molecule has 40 heavy (non-hydrogen) atoms. The first-order valence-electron chi connectivity index (χ1n) is 13.2.